The number of hydrogen-bond acceptors (Lipinski definition) is 10. The van der Waals surface area contributed by atoms with Crippen molar-refractivity contribution in [3.8, 4) is 5.75 Å². The molecule has 7 N–H and O–H groups in total. The van der Waals surface area contributed by atoms with Gasteiger partial charge >= 0.3 is 0 Å². The van der Waals surface area contributed by atoms with Crippen LogP contribution in [0.3, 0.4) is 0 Å². The molecular formula is C25H30N4O8. The van der Waals surface area contributed by atoms with Gasteiger partial charge in [0.05, 0.1) is 23.8 Å². The highest BCUT2D eigenvalue weighted by Gasteiger charge is 2.63. The lowest BCUT2D eigenvalue weighted by Gasteiger charge is -2.50. The fourth-order valence-electron chi connectivity index (χ4n) is 5.80. The minimum Gasteiger partial charge on any atom is -0.510 e. The zero-order valence-electron chi connectivity index (χ0n) is 20.9. The number of nitrogens with two attached hydrogens (primary N) is 1. The lowest BCUT2D eigenvalue weighted by atomic mass is 9.58. The summed E-state index contributed by atoms with van der Waals surface area (Å²) >= 11 is 0. The second kappa shape index (κ2) is 8.98. The number of allylic oxidation sites excluding steroid dienone is 1. The smallest absolute Gasteiger partial charge is 0.255 e. The molecule has 4 atom stereocenters. The van der Waals surface area contributed by atoms with Crippen LogP contribution in [-0.2, 0) is 20.8 Å². The van der Waals surface area contributed by atoms with Crippen molar-refractivity contribution < 1.29 is 39.6 Å². The maximum Gasteiger partial charge on any atom is 0.255 e. The van der Waals surface area contributed by atoms with Crippen LogP contribution in [0.2, 0.25) is 0 Å². The van der Waals surface area contributed by atoms with Gasteiger partial charge in [-0.05, 0) is 58.6 Å². The molecule has 0 saturated carbocycles. The lowest BCUT2D eigenvalue weighted by molar-refractivity contribution is -0.148. The van der Waals surface area contributed by atoms with Crippen molar-refractivity contribution >= 4 is 29.1 Å². The van der Waals surface area contributed by atoms with Crippen LogP contribution in [0.5, 0.6) is 5.75 Å². The van der Waals surface area contributed by atoms with E-state index >= 15 is 0 Å². The molecule has 3 aliphatic carbocycles. The Balaban J connectivity index is 1.84. The summed E-state index contributed by atoms with van der Waals surface area (Å²) in [7, 11) is 6.52. The standard InChI is InChI=1S/C25H30N4O8/c1-28(2)9-14(30)27-13-6-5-10-7-11-8-12-18(29(3)4)21(33)17(24(26)36)23(35)25(12,37)22(34)16(11)20(32)15(10)19(13)31/h5-6,11-12,18,31,33-34,37H,7-9H2,1-4H3,(H2,26,36)(H,27,30)/t11-,12-,18+,25-/m1/s1. The van der Waals surface area contributed by atoms with Gasteiger partial charge in [-0.2, -0.15) is 0 Å². The molecule has 0 aliphatic heterocycles. The number of hydrogen-bond donors (Lipinski definition) is 6. The highest BCUT2D eigenvalue weighted by atomic mass is 16.3. The average Bonchev–Trinajstić information content (AvgIpc) is 2.77. The highest BCUT2D eigenvalue weighted by Crippen LogP contribution is 2.52. The largest absolute Gasteiger partial charge is 0.510 e. The molecule has 2 amide bonds. The Bertz CT molecular complexity index is 1300. The van der Waals surface area contributed by atoms with Gasteiger partial charge in [0.2, 0.25) is 11.7 Å². The van der Waals surface area contributed by atoms with E-state index in [9.17, 15) is 39.6 Å². The molecule has 4 rings (SSSR count). The summed E-state index contributed by atoms with van der Waals surface area (Å²) in [6.07, 6.45) is 0.182. The van der Waals surface area contributed by atoms with Crippen LogP contribution in [0.15, 0.2) is 34.8 Å². The second-order valence-electron chi connectivity index (χ2n) is 10.2. The second-order valence-corrected chi connectivity index (χ2v) is 10.2. The number of Topliss-reactive ketones (excluding diaryl/α,β-unsaturated/α-hetero) is 2. The summed E-state index contributed by atoms with van der Waals surface area (Å²) in [5.41, 5.74) is 1.80. The van der Waals surface area contributed by atoms with Crippen molar-refractivity contribution in [3.63, 3.8) is 0 Å². The number of benzene rings is 1. The summed E-state index contributed by atoms with van der Waals surface area (Å²) in [4.78, 5) is 54.3. The maximum atomic E-state index is 13.6. The quantitative estimate of drug-likeness (QED) is 0.223. The average molecular weight is 515 g/mol. The maximum absolute atomic E-state index is 13.6. The Morgan fingerprint density at radius 1 is 1.14 bits per heavy atom. The molecule has 3 aliphatic rings. The number of carbonyl (C=O) groups excluding carboxylic acids is 4. The van der Waals surface area contributed by atoms with Gasteiger partial charge in [0.1, 0.15) is 17.1 Å². The summed E-state index contributed by atoms with van der Waals surface area (Å²) < 4.78 is 0. The molecular weight excluding hydrogens is 484 g/mol. The van der Waals surface area contributed by atoms with Gasteiger partial charge < -0.3 is 36.4 Å². The number of aromatic hydroxyl groups is 1. The highest BCUT2D eigenvalue weighted by molar-refractivity contribution is 6.25. The van der Waals surface area contributed by atoms with E-state index in [1.807, 2.05) is 0 Å². The number of aliphatic hydroxyl groups excluding tert-OH is 2. The van der Waals surface area contributed by atoms with E-state index in [0.717, 1.165) is 0 Å². The van der Waals surface area contributed by atoms with Crippen LogP contribution in [0, 0.1) is 11.8 Å². The monoisotopic (exact) mass is 514 g/mol. The van der Waals surface area contributed by atoms with Crippen LogP contribution in [0.1, 0.15) is 22.3 Å². The van der Waals surface area contributed by atoms with Gasteiger partial charge in [-0.3, -0.25) is 24.1 Å². The van der Waals surface area contributed by atoms with E-state index < -0.39 is 69.7 Å². The molecule has 0 fully saturated rings. The normalized spacial score (nSPS) is 27.3. The number of phenolic OH excluding ortho intramolecular Hbond substituents is 1. The zero-order chi connectivity index (χ0) is 27.6. The molecule has 0 saturated heterocycles. The van der Waals surface area contributed by atoms with Gasteiger partial charge in [0, 0.05) is 11.5 Å². The van der Waals surface area contributed by atoms with Gasteiger partial charge in [-0.25, -0.2) is 0 Å². The molecule has 0 spiro atoms. The van der Waals surface area contributed by atoms with E-state index in [0.29, 0.717) is 5.56 Å². The Kier molecular flexibility index (Phi) is 6.39. The minimum atomic E-state index is -2.70. The van der Waals surface area contributed by atoms with Gasteiger partial charge in [0.25, 0.3) is 5.91 Å². The number of phenols is 1. The molecule has 0 radical (unpaired) electrons. The molecule has 0 aromatic heterocycles. The van der Waals surface area contributed by atoms with Crippen molar-refractivity contribution in [2.24, 2.45) is 17.6 Å². The number of ketones is 2. The van der Waals surface area contributed by atoms with Gasteiger partial charge in [0.15, 0.2) is 17.1 Å². The van der Waals surface area contributed by atoms with Gasteiger partial charge in [-0.15, -0.1) is 0 Å². The van der Waals surface area contributed by atoms with Crippen molar-refractivity contribution in [3.05, 3.63) is 45.9 Å². The van der Waals surface area contributed by atoms with Crippen LogP contribution in [0.25, 0.3) is 0 Å². The fourth-order valence-corrected chi connectivity index (χ4v) is 5.80. The fraction of sp³-hybridized carbons (Fsp3) is 0.440. The Labute approximate surface area is 212 Å². The third-order valence-electron chi connectivity index (χ3n) is 7.33. The first-order valence-electron chi connectivity index (χ1n) is 11.7. The van der Waals surface area contributed by atoms with Crippen LogP contribution >= 0.6 is 0 Å². The molecule has 1 aromatic carbocycles. The van der Waals surface area contributed by atoms with Crippen molar-refractivity contribution in [1.82, 2.24) is 9.80 Å². The van der Waals surface area contributed by atoms with E-state index in [1.165, 1.54) is 11.0 Å². The number of nitrogens with zero attached hydrogens (tertiary/aromatic N) is 2. The van der Waals surface area contributed by atoms with Crippen molar-refractivity contribution in [1.29, 1.82) is 0 Å². The number of amides is 2. The number of likely N-dealkylation sites (N-methyl/N-ethyl adjacent to an activating group) is 2. The van der Waals surface area contributed by atoms with E-state index in [1.54, 1.807) is 39.2 Å². The molecule has 198 valence electrons. The predicted octanol–water partition coefficient (Wildman–Crippen LogP) is -0.379. The first-order chi connectivity index (χ1) is 17.2. The first kappa shape index (κ1) is 26.3. The summed E-state index contributed by atoms with van der Waals surface area (Å²) in [5, 5.41) is 47.1. The number of carbonyl (C=O) groups is 4. The summed E-state index contributed by atoms with van der Waals surface area (Å²) in [6, 6.07) is 2.02. The van der Waals surface area contributed by atoms with Gasteiger partial charge in [-0.1, -0.05) is 6.07 Å². The molecule has 1 aromatic rings. The Hall–Kier alpha value is -3.74. The van der Waals surface area contributed by atoms with Crippen molar-refractivity contribution in [2.45, 2.75) is 24.5 Å². The number of aliphatic hydroxyl groups is 3. The Morgan fingerprint density at radius 2 is 1.78 bits per heavy atom. The third kappa shape index (κ3) is 3.88. The van der Waals surface area contributed by atoms with Crippen LogP contribution in [0.4, 0.5) is 5.69 Å². The number of rotatable bonds is 5. The van der Waals surface area contributed by atoms with E-state index in [-0.39, 0.29) is 36.2 Å². The summed E-state index contributed by atoms with van der Waals surface area (Å²) in [6.45, 7) is 0.0324. The number of nitrogens with one attached hydrogen (secondary N) is 1. The van der Waals surface area contributed by atoms with Crippen LogP contribution in [-0.4, -0.2) is 100.0 Å². The Morgan fingerprint density at radius 3 is 2.35 bits per heavy atom. The number of anilines is 1. The lowest BCUT2D eigenvalue weighted by Crippen LogP contribution is -2.63. The molecule has 0 heterocycles. The third-order valence-corrected chi connectivity index (χ3v) is 7.33. The van der Waals surface area contributed by atoms with Crippen LogP contribution < -0.4 is 11.1 Å². The number of primary amides is 1. The zero-order valence-corrected chi connectivity index (χ0v) is 20.9. The molecule has 12 heteroatoms. The minimum absolute atomic E-state index is 0.00447. The molecule has 12 nitrogen and oxygen atoms in total. The molecule has 0 unspecified atom stereocenters. The predicted molar refractivity (Wildman–Crippen MR) is 131 cm³/mol. The summed E-state index contributed by atoms with van der Waals surface area (Å²) in [5.74, 6) is -7.61. The van der Waals surface area contributed by atoms with E-state index in [2.05, 4.69) is 5.32 Å². The number of fused-ring (bicyclic) bond motifs is 3. The topological polar surface area (TPSA) is 194 Å². The van der Waals surface area contributed by atoms with E-state index in [4.69, 9.17) is 5.73 Å². The molecule has 0 bridgehead atoms. The molecule has 37 heavy (non-hydrogen) atoms. The first-order valence-corrected chi connectivity index (χ1v) is 11.7. The van der Waals surface area contributed by atoms with Crippen molar-refractivity contribution in [2.75, 3.05) is 40.1 Å². The SMILES string of the molecule is CN(C)CC(=O)Nc1ccc2c(c1O)C(=O)C1=C(O)[C@@]3(O)C(=O)C(C(N)=O)=C(O)[C@@H](N(C)C)[C@H]3C[C@H]1C2.